The number of rotatable bonds is 6. The molecule has 0 aromatic rings. The molecular formula is C25H45ClN6O9S2. The normalized spacial score (nSPS) is 18.7. The van der Waals surface area contributed by atoms with Crippen LogP contribution in [0, 0.1) is 0 Å². The molecule has 0 radical (unpaired) electrons. The highest BCUT2D eigenvalue weighted by molar-refractivity contribution is 7.59. The van der Waals surface area contributed by atoms with E-state index in [1.807, 2.05) is 6.92 Å². The molecular weight excluding hydrogens is 628 g/mol. The third-order valence-electron chi connectivity index (χ3n) is 5.26. The lowest BCUT2D eigenvalue weighted by Crippen LogP contribution is -2.60. The smallest absolute Gasteiger partial charge is 0.407 e. The van der Waals surface area contributed by atoms with Gasteiger partial charge in [0.05, 0.1) is 6.04 Å². The molecule has 2 rings (SSSR count). The molecule has 15 nitrogen and oxygen atoms in total. The predicted molar refractivity (Wildman–Crippen MR) is 168 cm³/mol. The van der Waals surface area contributed by atoms with E-state index in [2.05, 4.69) is 16.0 Å². The van der Waals surface area contributed by atoms with Gasteiger partial charge in [-0.25, -0.2) is 9.59 Å². The molecule has 2 heterocycles. The van der Waals surface area contributed by atoms with E-state index in [1.165, 1.54) is 9.80 Å². The van der Waals surface area contributed by atoms with Crippen LogP contribution < -0.4 is 16.0 Å². The van der Waals surface area contributed by atoms with Crippen LogP contribution in [-0.2, 0) is 28.7 Å². The Hall–Kier alpha value is -2.92. The molecule has 18 heteroatoms. The Morgan fingerprint density at radius 2 is 1.21 bits per heavy atom. The second kappa shape index (κ2) is 18.0. The minimum Gasteiger partial charge on any atom is -0.444 e. The van der Waals surface area contributed by atoms with E-state index in [-0.39, 0.29) is 65.8 Å². The van der Waals surface area contributed by atoms with Crippen molar-refractivity contribution in [3.8, 4) is 0 Å². The summed E-state index contributed by atoms with van der Waals surface area (Å²) in [5, 5.41) is 6.62. The van der Waals surface area contributed by atoms with Gasteiger partial charge >= 0.3 is 41.2 Å². The molecule has 0 bridgehead atoms. The Balaban J connectivity index is 0. The van der Waals surface area contributed by atoms with Gasteiger partial charge < -0.3 is 35.2 Å². The van der Waals surface area contributed by atoms with Crippen LogP contribution in [-0.4, -0.2) is 118 Å². The van der Waals surface area contributed by atoms with E-state index in [1.54, 1.807) is 48.5 Å². The fourth-order valence-electron chi connectivity index (χ4n) is 3.66. The van der Waals surface area contributed by atoms with Gasteiger partial charge in [0.25, 0.3) is 0 Å². The topological polar surface area (TPSA) is 184 Å². The number of nitrogens with one attached hydrogen (secondary N) is 3. The third kappa shape index (κ3) is 15.4. The summed E-state index contributed by atoms with van der Waals surface area (Å²) in [6, 6.07) is -0.594. The van der Waals surface area contributed by atoms with Crippen molar-refractivity contribution in [3.05, 3.63) is 0 Å². The Kier molecular flexibility index (Phi) is 17.7. The summed E-state index contributed by atoms with van der Waals surface area (Å²) < 4.78 is 10.1. The minimum atomic E-state index is -0.975. The number of imide groups is 1. The zero-order chi connectivity index (χ0) is 31.7. The van der Waals surface area contributed by atoms with Crippen molar-refractivity contribution < 1.29 is 43.0 Å². The van der Waals surface area contributed by atoms with Gasteiger partial charge in [-0.2, -0.15) is 27.0 Å². The van der Waals surface area contributed by atoms with E-state index in [9.17, 15) is 33.6 Å². The number of carbonyl (C=O) groups is 7. The maximum absolute atomic E-state index is 11.9. The number of carbonyl (C=O) groups excluding carboxylic acids is 7. The van der Waals surface area contributed by atoms with Crippen LogP contribution in [0.5, 0.6) is 0 Å². The molecule has 248 valence electrons. The molecule has 0 saturated carbocycles. The summed E-state index contributed by atoms with van der Waals surface area (Å²) >= 11 is 5.29. The van der Waals surface area contributed by atoms with Gasteiger partial charge in [0.1, 0.15) is 11.2 Å². The Morgan fingerprint density at radius 1 is 0.791 bits per heavy atom. The zero-order valence-electron chi connectivity index (χ0n) is 25.8. The summed E-state index contributed by atoms with van der Waals surface area (Å²) in [6.45, 7) is 15.4. The maximum Gasteiger partial charge on any atom is 0.407 e. The van der Waals surface area contributed by atoms with Crippen molar-refractivity contribution in [2.45, 2.75) is 78.7 Å². The first-order chi connectivity index (χ1) is 18.7. The fourth-order valence-corrected chi connectivity index (χ4v) is 3.91. The van der Waals surface area contributed by atoms with E-state index in [4.69, 9.17) is 21.1 Å². The second-order valence-electron chi connectivity index (χ2n) is 11.5. The first-order valence-electron chi connectivity index (χ1n) is 13.1. The van der Waals surface area contributed by atoms with Crippen LogP contribution in [0.15, 0.2) is 0 Å². The molecule has 0 aromatic carbocycles. The summed E-state index contributed by atoms with van der Waals surface area (Å²) in [7, 11) is 0. The summed E-state index contributed by atoms with van der Waals surface area (Å²) in [5.74, 6) is -2.95. The second-order valence-corrected chi connectivity index (χ2v) is 11.8. The molecule has 7 amide bonds. The van der Waals surface area contributed by atoms with Gasteiger partial charge in [-0.1, -0.05) is 0 Å². The SMILES string of the molecule is C[C@H]1CN(CCNC(=O)OC(C)(C)C)C(=O)C(=O)N1.C[C@H]1CN(CCNC(=O)OC(C)(C)C)C(=O)C(=O)N1C(=O)Cl.S.S. The van der Waals surface area contributed by atoms with Crippen LogP contribution in [0.1, 0.15) is 55.4 Å². The zero-order valence-corrected chi connectivity index (χ0v) is 28.5. The van der Waals surface area contributed by atoms with Crippen LogP contribution >= 0.6 is 38.6 Å². The molecule has 0 aromatic heterocycles. The maximum atomic E-state index is 11.9. The molecule has 2 fully saturated rings. The monoisotopic (exact) mass is 672 g/mol. The van der Waals surface area contributed by atoms with Crippen molar-refractivity contribution in [1.82, 2.24) is 30.7 Å². The lowest BCUT2D eigenvalue weighted by Gasteiger charge is -2.36. The Bertz CT molecular complexity index is 1040. The highest BCUT2D eigenvalue weighted by Crippen LogP contribution is 2.14. The highest BCUT2D eigenvalue weighted by atomic mass is 35.5. The highest BCUT2D eigenvalue weighted by Gasteiger charge is 2.39. The van der Waals surface area contributed by atoms with Gasteiger partial charge in [-0.3, -0.25) is 28.9 Å². The van der Waals surface area contributed by atoms with Crippen molar-refractivity contribution in [1.29, 1.82) is 0 Å². The van der Waals surface area contributed by atoms with Gasteiger partial charge in [0.2, 0.25) is 0 Å². The van der Waals surface area contributed by atoms with E-state index in [0.29, 0.717) is 6.54 Å². The molecule has 0 aliphatic carbocycles. The number of halogens is 1. The van der Waals surface area contributed by atoms with Crippen molar-refractivity contribution in [2.24, 2.45) is 0 Å². The van der Waals surface area contributed by atoms with Crippen molar-refractivity contribution in [2.75, 3.05) is 39.3 Å². The summed E-state index contributed by atoms with van der Waals surface area (Å²) in [5.41, 5.74) is -1.17. The van der Waals surface area contributed by atoms with E-state index in [0.717, 1.165) is 4.90 Å². The van der Waals surface area contributed by atoms with Gasteiger partial charge in [0, 0.05) is 45.3 Å². The van der Waals surface area contributed by atoms with E-state index >= 15 is 0 Å². The van der Waals surface area contributed by atoms with Gasteiger partial charge in [-0.15, -0.1) is 0 Å². The predicted octanol–water partition coefficient (Wildman–Crippen LogP) is 1.01. The molecule has 2 saturated heterocycles. The molecule has 2 aliphatic rings. The third-order valence-corrected chi connectivity index (χ3v) is 5.44. The molecule has 2 atom stereocenters. The quantitative estimate of drug-likeness (QED) is 0.211. The lowest BCUT2D eigenvalue weighted by molar-refractivity contribution is -0.155. The number of nitrogens with zero attached hydrogens (tertiary/aromatic N) is 3. The number of amides is 7. The number of piperazine rings is 2. The summed E-state index contributed by atoms with van der Waals surface area (Å²) in [4.78, 5) is 83.9. The fraction of sp³-hybridized carbons (Fsp3) is 0.720. The largest absolute Gasteiger partial charge is 0.444 e. The van der Waals surface area contributed by atoms with Crippen LogP contribution in [0.2, 0.25) is 0 Å². The number of alkyl carbamates (subject to hydrolysis) is 2. The molecule has 3 N–H and O–H groups in total. The molecule has 43 heavy (non-hydrogen) atoms. The Morgan fingerprint density at radius 3 is 1.60 bits per heavy atom. The summed E-state index contributed by atoms with van der Waals surface area (Å²) in [6.07, 6.45) is -1.14. The standard InChI is InChI=1S/C13H20ClN3O5.C12H21N3O4.2H2S/c1-8-7-16(9(18)10(19)17(8)11(14)20)6-5-15-12(21)22-13(2,3)4;1-8-7-15(10(17)9(16)14-8)6-5-13-11(18)19-12(2,3)4;;/h8H,5-7H2,1-4H3,(H,15,21);8H,5-7H2,1-4H3,(H,13,18)(H,14,16);2*1H2/t2*8-;;/m00../s1. The average molecular weight is 673 g/mol. The molecule has 0 unspecified atom stereocenters. The minimum absolute atomic E-state index is 0. The van der Waals surface area contributed by atoms with Gasteiger partial charge in [0.15, 0.2) is 0 Å². The van der Waals surface area contributed by atoms with Gasteiger partial charge in [-0.05, 0) is 67.0 Å². The number of ether oxygens (including phenoxy) is 2. The molecule has 0 spiro atoms. The van der Waals surface area contributed by atoms with Crippen LogP contribution in [0.4, 0.5) is 14.4 Å². The number of hydrogen-bond acceptors (Lipinski definition) is 9. The van der Waals surface area contributed by atoms with E-state index < -0.39 is 58.4 Å². The molecule has 2 aliphatic heterocycles. The lowest BCUT2D eigenvalue weighted by atomic mass is 10.2. The van der Waals surface area contributed by atoms with Crippen LogP contribution in [0.3, 0.4) is 0 Å². The van der Waals surface area contributed by atoms with Crippen LogP contribution in [0.25, 0.3) is 0 Å². The van der Waals surface area contributed by atoms with Crippen molar-refractivity contribution in [3.63, 3.8) is 0 Å². The number of hydrogen-bond donors (Lipinski definition) is 3. The first-order valence-corrected chi connectivity index (χ1v) is 13.4. The van der Waals surface area contributed by atoms with Crippen molar-refractivity contribution >= 4 is 79.8 Å². The first kappa shape index (κ1) is 42.2. The Labute approximate surface area is 270 Å². The average Bonchev–Trinajstić information content (AvgIpc) is 2.78.